The van der Waals surface area contributed by atoms with Crippen molar-refractivity contribution in [3.63, 3.8) is 0 Å². The summed E-state index contributed by atoms with van der Waals surface area (Å²) in [4.78, 5) is 16.3. The van der Waals surface area contributed by atoms with E-state index < -0.39 is 0 Å². The Hall–Kier alpha value is -0.870. The minimum Gasteiger partial charge on any atom is -0.391 e. The monoisotopic (exact) mass is 267 g/mol. The van der Waals surface area contributed by atoms with Gasteiger partial charge in [-0.1, -0.05) is 20.3 Å². The lowest BCUT2D eigenvalue weighted by atomic mass is 10.1. The van der Waals surface area contributed by atoms with Gasteiger partial charge in [0.1, 0.15) is 0 Å². The zero-order chi connectivity index (χ0) is 13.1. The van der Waals surface area contributed by atoms with E-state index >= 15 is 0 Å². The molecule has 1 aromatic heterocycles. The third-order valence-corrected chi connectivity index (χ3v) is 4.64. The largest absolute Gasteiger partial charge is 0.391 e. The fraction of sp³-hybridized carbons (Fsp3) is 0.643. The van der Waals surface area contributed by atoms with Crippen molar-refractivity contribution < 1.29 is 9.90 Å². The first-order chi connectivity index (χ1) is 8.65. The number of likely N-dealkylation sites (tertiary alicyclic amines) is 1. The highest BCUT2D eigenvalue weighted by molar-refractivity contribution is 7.14. The first-order valence-corrected chi connectivity index (χ1v) is 7.56. The zero-order valence-corrected chi connectivity index (χ0v) is 11.9. The third-order valence-electron chi connectivity index (χ3n) is 3.42. The van der Waals surface area contributed by atoms with Crippen molar-refractivity contribution in [1.29, 1.82) is 0 Å². The molecule has 1 aliphatic heterocycles. The standard InChI is InChI=1S/C14H21NO2S/c1-3-5-12-10(4-2)8-13(18-12)14(17)15-7-6-11(16)9-15/h8,11,16H,3-7,9H2,1-2H3/t11-/m0/s1. The van der Waals surface area contributed by atoms with E-state index in [-0.39, 0.29) is 12.0 Å². The summed E-state index contributed by atoms with van der Waals surface area (Å²) in [5.41, 5.74) is 1.31. The first kappa shape index (κ1) is 13.6. The fourth-order valence-corrected chi connectivity index (χ4v) is 3.72. The molecule has 0 unspecified atom stereocenters. The number of aliphatic hydroxyl groups is 1. The molecule has 100 valence electrons. The summed E-state index contributed by atoms with van der Waals surface area (Å²) >= 11 is 1.63. The van der Waals surface area contributed by atoms with Gasteiger partial charge in [-0.05, 0) is 30.9 Å². The maximum atomic E-state index is 12.3. The number of amides is 1. The maximum absolute atomic E-state index is 12.3. The van der Waals surface area contributed by atoms with E-state index in [1.807, 2.05) is 6.07 Å². The van der Waals surface area contributed by atoms with Crippen LogP contribution in [0.15, 0.2) is 6.07 Å². The van der Waals surface area contributed by atoms with Crippen molar-refractivity contribution in [1.82, 2.24) is 4.90 Å². The number of hydrogen-bond acceptors (Lipinski definition) is 3. The SMILES string of the molecule is CCCc1sc(C(=O)N2CC[C@H](O)C2)cc1CC. The van der Waals surface area contributed by atoms with Gasteiger partial charge in [0.05, 0.1) is 11.0 Å². The Labute approximate surface area is 112 Å². The summed E-state index contributed by atoms with van der Waals surface area (Å²) in [7, 11) is 0. The van der Waals surface area contributed by atoms with Crippen LogP contribution in [0.25, 0.3) is 0 Å². The number of aryl methyl sites for hydroxylation is 2. The molecule has 1 atom stereocenters. The van der Waals surface area contributed by atoms with Crippen LogP contribution >= 0.6 is 11.3 Å². The molecule has 4 heteroatoms. The summed E-state index contributed by atoms with van der Waals surface area (Å²) in [6, 6.07) is 2.04. The van der Waals surface area contributed by atoms with Crippen molar-refractivity contribution in [3.05, 3.63) is 21.4 Å². The Bertz CT molecular complexity index is 427. The summed E-state index contributed by atoms with van der Waals surface area (Å²) in [5.74, 6) is 0.0913. The Morgan fingerprint density at radius 1 is 1.56 bits per heavy atom. The molecule has 0 spiro atoms. The molecule has 2 rings (SSSR count). The number of carbonyl (C=O) groups excluding carboxylic acids is 1. The van der Waals surface area contributed by atoms with Gasteiger partial charge in [0.15, 0.2) is 0 Å². The zero-order valence-electron chi connectivity index (χ0n) is 11.1. The maximum Gasteiger partial charge on any atom is 0.264 e. The van der Waals surface area contributed by atoms with Crippen LogP contribution in [-0.2, 0) is 12.8 Å². The van der Waals surface area contributed by atoms with Gasteiger partial charge < -0.3 is 10.0 Å². The Morgan fingerprint density at radius 3 is 2.89 bits per heavy atom. The van der Waals surface area contributed by atoms with Crippen LogP contribution in [0.3, 0.4) is 0 Å². The molecule has 1 fully saturated rings. The van der Waals surface area contributed by atoms with E-state index in [0.29, 0.717) is 19.5 Å². The Kier molecular flexibility index (Phi) is 4.40. The van der Waals surface area contributed by atoms with Gasteiger partial charge in [-0.15, -0.1) is 11.3 Å². The third kappa shape index (κ3) is 2.75. The fourth-order valence-electron chi connectivity index (χ4n) is 2.39. The van der Waals surface area contributed by atoms with Crippen LogP contribution in [0.4, 0.5) is 0 Å². The van der Waals surface area contributed by atoms with Gasteiger partial charge >= 0.3 is 0 Å². The van der Waals surface area contributed by atoms with Gasteiger partial charge in [-0.3, -0.25) is 4.79 Å². The van der Waals surface area contributed by atoms with Gasteiger partial charge in [0.2, 0.25) is 0 Å². The van der Waals surface area contributed by atoms with Crippen LogP contribution in [0.5, 0.6) is 0 Å². The Morgan fingerprint density at radius 2 is 2.33 bits per heavy atom. The molecule has 0 aliphatic carbocycles. The second-order valence-electron chi connectivity index (χ2n) is 4.86. The molecule has 1 amide bonds. The molecule has 0 radical (unpaired) electrons. The predicted molar refractivity (Wildman–Crippen MR) is 74.2 cm³/mol. The van der Waals surface area contributed by atoms with Crippen molar-refractivity contribution >= 4 is 17.2 Å². The van der Waals surface area contributed by atoms with Gasteiger partial charge in [0.25, 0.3) is 5.91 Å². The van der Waals surface area contributed by atoms with E-state index in [9.17, 15) is 9.90 Å². The molecular formula is C14H21NO2S. The smallest absolute Gasteiger partial charge is 0.264 e. The van der Waals surface area contributed by atoms with Crippen molar-refractivity contribution in [2.45, 2.75) is 45.6 Å². The lowest BCUT2D eigenvalue weighted by Gasteiger charge is -2.13. The van der Waals surface area contributed by atoms with E-state index in [4.69, 9.17) is 0 Å². The average molecular weight is 267 g/mol. The highest BCUT2D eigenvalue weighted by Gasteiger charge is 2.26. The molecule has 1 aliphatic rings. The summed E-state index contributed by atoms with van der Waals surface area (Å²) < 4.78 is 0. The second-order valence-corrected chi connectivity index (χ2v) is 5.99. The Balaban J connectivity index is 2.15. The molecule has 1 aromatic rings. The molecule has 3 nitrogen and oxygen atoms in total. The molecule has 0 aromatic carbocycles. The van der Waals surface area contributed by atoms with E-state index in [1.165, 1.54) is 10.4 Å². The minimum atomic E-state index is -0.338. The van der Waals surface area contributed by atoms with E-state index in [1.54, 1.807) is 16.2 Å². The van der Waals surface area contributed by atoms with Gasteiger partial charge in [0, 0.05) is 18.0 Å². The molecule has 0 saturated carbocycles. The molecule has 0 bridgehead atoms. The minimum absolute atomic E-state index is 0.0913. The lowest BCUT2D eigenvalue weighted by molar-refractivity contribution is 0.0769. The lowest BCUT2D eigenvalue weighted by Crippen LogP contribution is -2.28. The van der Waals surface area contributed by atoms with Crippen molar-refractivity contribution in [2.75, 3.05) is 13.1 Å². The number of carbonyl (C=O) groups is 1. The normalized spacial score (nSPS) is 19.5. The molecule has 1 N–H and O–H groups in total. The van der Waals surface area contributed by atoms with Crippen LogP contribution in [0, 0.1) is 0 Å². The topological polar surface area (TPSA) is 40.5 Å². The number of hydrogen-bond donors (Lipinski definition) is 1. The van der Waals surface area contributed by atoms with Crippen molar-refractivity contribution in [2.24, 2.45) is 0 Å². The molecule has 1 saturated heterocycles. The van der Waals surface area contributed by atoms with E-state index in [2.05, 4.69) is 13.8 Å². The summed E-state index contributed by atoms with van der Waals surface area (Å²) in [5, 5.41) is 9.50. The number of thiophene rings is 1. The highest BCUT2D eigenvalue weighted by Crippen LogP contribution is 2.26. The summed E-state index contributed by atoms with van der Waals surface area (Å²) in [6.45, 7) is 5.47. The number of β-amino-alcohol motifs (C(OH)–C–C–N with tert-alkyl or cyclic N) is 1. The average Bonchev–Trinajstić information content (AvgIpc) is 2.95. The van der Waals surface area contributed by atoms with E-state index in [0.717, 1.165) is 24.1 Å². The number of aliphatic hydroxyl groups excluding tert-OH is 1. The molecular weight excluding hydrogens is 246 g/mol. The van der Waals surface area contributed by atoms with Crippen LogP contribution in [-0.4, -0.2) is 35.1 Å². The quantitative estimate of drug-likeness (QED) is 0.910. The number of rotatable bonds is 4. The molecule has 18 heavy (non-hydrogen) atoms. The highest BCUT2D eigenvalue weighted by atomic mass is 32.1. The predicted octanol–water partition coefficient (Wildman–Crippen LogP) is 2.47. The van der Waals surface area contributed by atoms with Crippen LogP contribution in [0.1, 0.15) is 46.8 Å². The van der Waals surface area contributed by atoms with Gasteiger partial charge in [-0.2, -0.15) is 0 Å². The van der Waals surface area contributed by atoms with Gasteiger partial charge in [-0.25, -0.2) is 0 Å². The summed E-state index contributed by atoms with van der Waals surface area (Å²) in [6.07, 6.45) is 3.53. The second kappa shape index (κ2) is 5.85. The van der Waals surface area contributed by atoms with Crippen LogP contribution in [0.2, 0.25) is 0 Å². The first-order valence-electron chi connectivity index (χ1n) is 6.74. The molecule has 2 heterocycles. The van der Waals surface area contributed by atoms with Crippen molar-refractivity contribution in [3.8, 4) is 0 Å². The van der Waals surface area contributed by atoms with Crippen LogP contribution < -0.4 is 0 Å². The number of nitrogens with zero attached hydrogens (tertiary/aromatic N) is 1.